The van der Waals surface area contributed by atoms with Crippen LogP contribution in [0.3, 0.4) is 0 Å². The van der Waals surface area contributed by atoms with E-state index < -0.39 is 23.0 Å². The molecule has 2 heterocycles. The first-order valence-corrected chi connectivity index (χ1v) is 12.9. The van der Waals surface area contributed by atoms with Gasteiger partial charge in [-0.2, -0.15) is 5.10 Å². The standard InChI is InChI=1S/C28H31ClFN5O4/c1-17(2)18-7-5-6-8-20(18)28(15-34(16-28)24-9-10-25(36)35(33-24)11-12-39-4)27(38)32-23-14-22(30)21(29)13-19(23)26(37)31-3/h5-10,13-14,17H,11-12,15-16H2,1-4H3,(H,31,37)(H,32,38). The monoisotopic (exact) mass is 555 g/mol. The van der Waals surface area contributed by atoms with Crippen molar-refractivity contribution in [3.63, 3.8) is 0 Å². The molecule has 0 bridgehead atoms. The number of aromatic nitrogens is 2. The number of anilines is 2. The van der Waals surface area contributed by atoms with Crippen LogP contribution in [-0.2, 0) is 21.5 Å². The molecule has 2 aromatic carbocycles. The topological polar surface area (TPSA) is 106 Å². The van der Waals surface area contributed by atoms with E-state index in [-0.39, 0.29) is 40.8 Å². The molecule has 1 aliphatic heterocycles. The van der Waals surface area contributed by atoms with E-state index in [1.807, 2.05) is 43.0 Å². The Kier molecular flexibility index (Phi) is 8.36. The smallest absolute Gasteiger partial charge is 0.266 e. The van der Waals surface area contributed by atoms with Gasteiger partial charge in [0.1, 0.15) is 17.1 Å². The second-order valence-corrected chi connectivity index (χ2v) is 10.2. The van der Waals surface area contributed by atoms with Crippen LogP contribution in [0.1, 0.15) is 41.3 Å². The maximum absolute atomic E-state index is 14.4. The van der Waals surface area contributed by atoms with Crippen molar-refractivity contribution in [2.24, 2.45) is 0 Å². The maximum Gasteiger partial charge on any atom is 0.266 e. The maximum atomic E-state index is 14.4. The van der Waals surface area contributed by atoms with Gasteiger partial charge in [0.2, 0.25) is 5.91 Å². The molecule has 9 nitrogen and oxygen atoms in total. The molecule has 3 aromatic rings. The lowest BCUT2D eigenvalue weighted by atomic mass is 9.69. The molecule has 0 atom stereocenters. The Bertz CT molecular complexity index is 1450. The van der Waals surface area contributed by atoms with Crippen LogP contribution in [0.5, 0.6) is 0 Å². The largest absolute Gasteiger partial charge is 0.383 e. The molecule has 2 N–H and O–H groups in total. The molecule has 0 unspecified atom stereocenters. The predicted octanol–water partition coefficient (Wildman–Crippen LogP) is 3.56. The number of nitrogens with zero attached hydrogens (tertiary/aromatic N) is 3. The van der Waals surface area contributed by atoms with Crippen LogP contribution in [0.15, 0.2) is 53.3 Å². The minimum atomic E-state index is -1.04. The average molecular weight is 556 g/mol. The number of halogens is 2. The van der Waals surface area contributed by atoms with Gasteiger partial charge < -0.3 is 20.3 Å². The summed E-state index contributed by atoms with van der Waals surface area (Å²) in [6.07, 6.45) is 0. The lowest BCUT2D eigenvalue weighted by Gasteiger charge is -2.50. The zero-order chi connectivity index (χ0) is 28.3. The van der Waals surface area contributed by atoms with Gasteiger partial charge in [-0.15, -0.1) is 0 Å². The molecule has 1 fully saturated rings. The van der Waals surface area contributed by atoms with Crippen LogP contribution in [-0.4, -0.2) is 55.4 Å². The molecule has 4 rings (SSSR count). The zero-order valence-electron chi connectivity index (χ0n) is 22.3. The van der Waals surface area contributed by atoms with Gasteiger partial charge >= 0.3 is 0 Å². The Morgan fingerprint density at radius 2 is 1.90 bits per heavy atom. The molecule has 206 valence electrons. The minimum absolute atomic E-state index is 0.0207. The Labute approximate surface area is 230 Å². The molecule has 0 saturated carbocycles. The molecule has 39 heavy (non-hydrogen) atoms. The van der Waals surface area contributed by atoms with Crippen LogP contribution in [0, 0.1) is 5.82 Å². The summed E-state index contributed by atoms with van der Waals surface area (Å²) < 4.78 is 20.8. The number of rotatable bonds is 9. The highest BCUT2D eigenvalue weighted by molar-refractivity contribution is 6.31. The quantitative estimate of drug-likeness (QED) is 0.418. The third-order valence-corrected chi connectivity index (χ3v) is 7.21. The van der Waals surface area contributed by atoms with Crippen molar-refractivity contribution in [1.82, 2.24) is 15.1 Å². The average Bonchev–Trinajstić information content (AvgIpc) is 2.89. The summed E-state index contributed by atoms with van der Waals surface area (Å²) in [7, 11) is 2.99. The molecule has 1 saturated heterocycles. The zero-order valence-corrected chi connectivity index (χ0v) is 23.0. The molecule has 11 heteroatoms. The van der Waals surface area contributed by atoms with Gasteiger partial charge in [-0.3, -0.25) is 14.4 Å². The van der Waals surface area contributed by atoms with Gasteiger partial charge in [-0.05, 0) is 35.2 Å². The number of carbonyl (C=O) groups is 2. The summed E-state index contributed by atoms with van der Waals surface area (Å²) in [4.78, 5) is 40.7. The highest BCUT2D eigenvalue weighted by atomic mass is 35.5. The van der Waals surface area contributed by atoms with E-state index >= 15 is 0 Å². The van der Waals surface area contributed by atoms with E-state index in [1.54, 1.807) is 13.2 Å². The van der Waals surface area contributed by atoms with Crippen LogP contribution in [0.2, 0.25) is 5.02 Å². The number of carbonyl (C=O) groups excluding carboxylic acids is 2. The second kappa shape index (κ2) is 11.5. The van der Waals surface area contributed by atoms with Crippen molar-refractivity contribution in [2.45, 2.75) is 31.7 Å². The van der Waals surface area contributed by atoms with Crippen molar-refractivity contribution in [1.29, 1.82) is 0 Å². The van der Waals surface area contributed by atoms with Gasteiger partial charge in [0.05, 0.1) is 29.4 Å². The predicted molar refractivity (Wildman–Crippen MR) is 148 cm³/mol. The first-order chi connectivity index (χ1) is 18.6. The van der Waals surface area contributed by atoms with Crippen molar-refractivity contribution >= 4 is 34.9 Å². The first-order valence-electron chi connectivity index (χ1n) is 12.5. The van der Waals surface area contributed by atoms with Gasteiger partial charge in [-0.25, -0.2) is 9.07 Å². The van der Waals surface area contributed by atoms with E-state index in [9.17, 15) is 18.8 Å². The van der Waals surface area contributed by atoms with Crippen molar-refractivity contribution in [3.05, 3.63) is 86.4 Å². The van der Waals surface area contributed by atoms with Gasteiger partial charge in [0.15, 0.2) is 0 Å². The molecule has 0 radical (unpaired) electrons. The van der Waals surface area contributed by atoms with E-state index in [2.05, 4.69) is 15.7 Å². The summed E-state index contributed by atoms with van der Waals surface area (Å²) in [6.45, 7) is 5.23. The normalized spacial score (nSPS) is 14.2. The van der Waals surface area contributed by atoms with E-state index in [1.165, 1.54) is 23.9 Å². The van der Waals surface area contributed by atoms with Crippen molar-refractivity contribution < 1.29 is 18.7 Å². The first kappa shape index (κ1) is 28.3. The fraction of sp³-hybridized carbons (Fsp3) is 0.357. The summed E-state index contributed by atoms with van der Waals surface area (Å²) in [5, 5.41) is 9.53. The Balaban J connectivity index is 1.74. The summed E-state index contributed by atoms with van der Waals surface area (Å²) in [6, 6.07) is 13.0. The lowest BCUT2D eigenvalue weighted by Crippen LogP contribution is -2.66. The number of methoxy groups -OCH3 is 1. The van der Waals surface area contributed by atoms with Crippen molar-refractivity contribution in [2.75, 3.05) is 44.1 Å². The molecular weight excluding hydrogens is 525 g/mol. The highest BCUT2D eigenvalue weighted by Crippen LogP contribution is 2.41. The molecule has 1 aliphatic rings. The van der Waals surface area contributed by atoms with Crippen molar-refractivity contribution in [3.8, 4) is 0 Å². The van der Waals surface area contributed by atoms with Gasteiger partial charge in [-0.1, -0.05) is 49.7 Å². The van der Waals surface area contributed by atoms with E-state index in [0.717, 1.165) is 17.2 Å². The van der Waals surface area contributed by atoms with Crippen LogP contribution < -0.4 is 21.1 Å². The highest BCUT2D eigenvalue weighted by Gasteiger charge is 2.52. The fourth-order valence-corrected chi connectivity index (χ4v) is 4.96. The van der Waals surface area contributed by atoms with Crippen LogP contribution in [0.4, 0.5) is 15.9 Å². The Morgan fingerprint density at radius 3 is 2.56 bits per heavy atom. The number of hydrogen-bond donors (Lipinski definition) is 2. The SMILES string of the molecule is CNC(=O)c1cc(Cl)c(F)cc1NC(=O)C1(c2ccccc2C(C)C)CN(c2ccc(=O)n(CCOC)n2)C1. The minimum Gasteiger partial charge on any atom is -0.383 e. The molecular formula is C28H31ClFN5O4. The molecule has 2 amide bonds. The number of nitrogens with one attached hydrogen (secondary N) is 2. The van der Waals surface area contributed by atoms with Crippen LogP contribution in [0.25, 0.3) is 0 Å². The number of hydrogen-bond acceptors (Lipinski definition) is 6. The lowest BCUT2D eigenvalue weighted by molar-refractivity contribution is -0.122. The summed E-state index contributed by atoms with van der Waals surface area (Å²) >= 11 is 5.93. The fourth-order valence-electron chi connectivity index (χ4n) is 4.80. The number of ether oxygens (including phenoxy) is 1. The van der Waals surface area contributed by atoms with E-state index in [4.69, 9.17) is 16.3 Å². The summed E-state index contributed by atoms with van der Waals surface area (Å²) in [5.74, 6) is -0.995. The molecule has 1 aromatic heterocycles. The van der Waals surface area contributed by atoms with E-state index in [0.29, 0.717) is 19.0 Å². The Hall–Kier alpha value is -3.76. The third-order valence-electron chi connectivity index (χ3n) is 6.92. The van der Waals surface area contributed by atoms with Gasteiger partial charge in [0, 0.05) is 33.3 Å². The number of amides is 2. The molecule has 0 aliphatic carbocycles. The van der Waals surface area contributed by atoms with Gasteiger partial charge in [0.25, 0.3) is 11.5 Å². The number of benzene rings is 2. The summed E-state index contributed by atoms with van der Waals surface area (Å²) in [5.41, 5.74) is 0.611. The van der Waals surface area contributed by atoms with Crippen LogP contribution >= 0.6 is 11.6 Å². The molecule has 0 spiro atoms. The Morgan fingerprint density at radius 1 is 1.18 bits per heavy atom. The third kappa shape index (κ3) is 5.53. The second-order valence-electron chi connectivity index (χ2n) is 9.77.